The van der Waals surface area contributed by atoms with Crippen molar-refractivity contribution in [1.82, 2.24) is 0 Å². The molecule has 2 heterocycles. The molecule has 8 nitrogen and oxygen atoms in total. The molecule has 2 fully saturated rings. The van der Waals surface area contributed by atoms with Gasteiger partial charge in [0.15, 0.2) is 6.61 Å². The Balaban J connectivity index is 1.27. The lowest BCUT2D eigenvalue weighted by Crippen LogP contribution is -2.24. The van der Waals surface area contributed by atoms with Crippen LogP contribution in [0.3, 0.4) is 0 Å². The fourth-order valence-electron chi connectivity index (χ4n) is 3.76. The number of nitrogens with zero attached hydrogens (tertiary/aromatic N) is 2. The van der Waals surface area contributed by atoms with Crippen LogP contribution < -0.4 is 15.1 Å². The second-order valence-electron chi connectivity index (χ2n) is 7.52. The first-order valence-electron chi connectivity index (χ1n) is 10.3. The maximum Gasteiger partial charge on any atom is 0.338 e. The van der Waals surface area contributed by atoms with Gasteiger partial charge in [0.2, 0.25) is 11.8 Å². The molecule has 0 bridgehead atoms. The van der Waals surface area contributed by atoms with Gasteiger partial charge in [-0.25, -0.2) is 4.79 Å². The van der Waals surface area contributed by atoms with Gasteiger partial charge in [-0.3, -0.25) is 14.4 Å². The van der Waals surface area contributed by atoms with Crippen molar-refractivity contribution in [3.05, 3.63) is 54.1 Å². The van der Waals surface area contributed by atoms with Crippen molar-refractivity contribution in [2.24, 2.45) is 0 Å². The molecule has 0 unspecified atom stereocenters. The molecule has 3 amide bonds. The van der Waals surface area contributed by atoms with Gasteiger partial charge in [-0.1, -0.05) is 0 Å². The van der Waals surface area contributed by atoms with Gasteiger partial charge in [-0.15, -0.1) is 0 Å². The molecule has 0 saturated carbocycles. The highest BCUT2D eigenvalue weighted by Gasteiger charge is 2.22. The number of nitrogens with one attached hydrogen (secondary N) is 1. The van der Waals surface area contributed by atoms with Crippen LogP contribution in [-0.4, -0.2) is 43.4 Å². The van der Waals surface area contributed by atoms with Crippen molar-refractivity contribution in [2.45, 2.75) is 25.7 Å². The Hall–Kier alpha value is -3.68. The van der Waals surface area contributed by atoms with E-state index in [0.29, 0.717) is 37.2 Å². The lowest BCUT2D eigenvalue weighted by atomic mass is 10.2. The minimum atomic E-state index is -0.614. The summed E-state index contributed by atoms with van der Waals surface area (Å²) >= 11 is 0. The fraction of sp³-hybridized carbons (Fsp3) is 0.304. The third-order valence-corrected chi connectivity index (χ3v) is 5.36. The topological polar surface area (TPSA) is 96.0 Å². The van der Waals surface area contributed by atoms with E-state index in [0.717, 1.165) is 24.2 Å². The Morgan fingerprint density at radius 1 is 0.806 bits per heavy atom. The highest BCUT2D eigenvalue weighted by atomic mass is 16.5. The van der Waals surface area contributed by atoms with Crippen LogP contribution in [0.25, 0.3) is 0 Å². The van der Waals surface area contributed by atoms with Crippen molar-refractivity contribution >= 4 is 40.8 Å². The number of anilines is 3. The van der Waals surface area contributed by atoms with Gasteiger partial charge >= 0.3 is 5.97 Å². The van der Waals surface area contributed by atoms with Crippen molar-refractivity contribution in [2.75, 3.05) is 34.8 Å². The molecule has 0 aliphatic carbocycles. The number of rotatable bonds is 6. The van der Waals surface area contributed by atoms with Gasteiger partial charge in [0, 0.05) is 43.0 Å². The molecule has 160 valence electrons. The predicted octanol–water partition coefficient (Wildman–Crippen LogP) is 2.74. The van der Waals surface area contributed by atoms with E-state index in [-0.39, 0.29) is 11.8 Å². The average molecular weight is 421 g/mol. The Morgan fingerprint density at radius 3 is 1.81 bits per heavy atom. The van der Waals surface area contributed by atoms with Gasteiger partial charge in [0.1, 0.15) is 0 Å². The maximum atomic E-state index is 12.2. The number of hydrogen-bond acceptors (Lipinski definition) is 5. The lowest BCUT2D eigenvalue weighted by molar-refractivity contribution is -0.119. The molecule has 2 saturated heterocycles. The minimum Gasteiger partial charge on any atom is -0.452 e. The predicted molar refractivity (Wildman–Crippen MR) is 115 cm³/mol. The summed E-state index contributed by atoms with van der Waals surface area (Å²) in [6.07, 6.45) is 2.78. The number of esters is 1. The Labute approximate surface area is 179 Å². The van der Waals surface area contributed by atoms with Crippen molar-refractivity contribution in [3.8, 4) is 0 Å². The summed E-state index contributed by atoms with van der Waals surface area (Å²) < 4.78 is 5.08. The van der Waals surface area contributed by atoms with Gasteiger partial charge in [-0.05, 0) is 61.4 Å². The molecule has 2 aromatic carbocycles. The number of ether oxygens (including phenoxy) is 1. The molecule has 2 aliphatic heterocycles. The number of carbonyl (C=O) groups excluding carboxylic acids is 4. The molecule has 1 N–H and O–H groups in total. The summed E-state index contributed by atoms with van der Waals surface area (Å²) in [7, 11) is 0. The summed E-state index contributed by atoms with van der Waals surface area (Å²) in [4.78, 5) is 51.3. The standard InChI is InChI=1S/C23H23N3O5/c27-20(24-17-7-11-19(12-8-17)26-14-2-4-22(26)29)15-31-23(30)16-5-9-18(10-6-16)25-13-1-3-21(25)28/h5-12H,1-4,13-15H2,(H,24,27). The van der Waals surface area contributed by atoms with Crippen LogP contribution in [0.2, 0.25) is 0 Å². The molecule has 0 spiro atoms. The van der Waals surface area contributed by atoms with E-state index in [1.807, 2.05) is 0 Å². The normalized spacial score (nSPS) is 16.0. The second kappa shape index (κ2) is 8.99. The monoisotopic (exact) mass is 421 g/mol. The van der Waals surface area contributed by atoms with Crippen LogP contribution in [0.4, 0.5) is 17.1 Å². The zero-order valence-electron chi connectivity index (χ0n) is 17.0. The SMILES string of the molecule is O=C(COC(=O)c1ccc(N2CCCC2=O)cc1)Nc1ccc(N2CCCC2=O)cc1. The van der Waals surface area contributed by atoms with E-state index in [4.69, 9.17) is 4.74 Å². The molecule has 2 aromatic rings. The number of benzene rings is 2. The molecular formula is C23H23N3O5. The largest absolute Gasteiger partial charge is 0.452 e. The quantitative estimate of drug-likeness (QED) is 0.724. The summed E-state index contributed by atoms with van der Waals surface area (Å²) in [5, 5.41) is 2.67. The van der Waals surface area contributed by atoms with Crippen LogP contribution >= 0.6 is 0 Å². The van der Waals surface area contributed by atoms with E-state index in [2.05, 4.69) is 5.32 Å². The summed E-state index contributed by atoms with van der Waals surface area (Å²) in [6.45, 7) is 0.964. The first-order valence-corrected chi connectivity index (χ1v) is 10.3. The highest BCUT2D eigenvalue weighted by molar-refractivity contribution is 5.98. The number of carbonyl (C=O) groups is 4. The van der Waals surface area contributed by atoms with Crippen molar-refractivity contribution < 1.29 is 23.9 Å². The smallest absolute Gasteiger partial charge is 0.338 e. The fourth-order valence-corrected chi connectivity index (χ4v) is 3.76. The maximum absolute atomic E-state index is 12.2. The molecule has 0 atom stereocenters. The Bertz CT molecular complexity index is 1000. The third kappa shape index (κ3) is 4.74. The molecule has 0 radical (unpaired) electrons. The molecule has 2 aliphatic rings. The first-order chi connectivity index (χ1) is 15.0. The molecule has 4 rings (SSSR count). The third-order valence-electron chi connectivity index (χ3n) is 5.36. The van der Waals surface area contributed by atoms with Crippen LogP contribution in [0.5, 0.6) is 0 Å². The summed E-state index contributed by atoms with van der Waals surface area (Å²) in [5.41, 5.74) is 2.40. The van der Waals surface area contributed by atoms with Gasteiger partial charge in [0.05, 0.1) is 5.56 Å². The zero-order valence-corrected chi connectivity index (χ0v) is 17.0. The van der Waals surface area contributed by atoms with E-state index in [1.165, 1.54) is 0 Å². The molecule has 0 aromatic heterocycles. The van der Waals surface area contributed by atoms with E-state index < -0.39 is 18.5 Å². The Morgan fingerprint density at radius 2 is 1.32 bits per heavy atom. The van der Waals surface area contributed by atoms with Gasteiger partial charge < -0.3 is 19.9 Å². The van der Waals surface area contributed by atoms with E-state index in [1.54, 1.807) is 58.3 Å². The first kappa shape index (κ1) is 20.6. The van der Waals surface area contributed by atoms with Crippen LogP contribution in [0.15, 0.2) is 48.5 Å². The lowest BCUT2D eigenvalue weighted by Gasteiger charge is -2.16. The van der Waals surface area contributed by atoms with Crippen LogP contribution in [-0.2, 0) is 19.1 Å². The average Bonchev–Trinajstić information content (AvgIpc) is 3.41. The summed E-state index contributed by atoms with van der Waals surface area (Å²) in [5.74, 6) is -0.897. The number of amides is 3. The molecule has 31 heavy (non-hydrogen) atoms. The second-order valence-corrected chi connectivity index (χ2v) is 7.52. The number of hydrogen-bond donors (Lipinski definition) is 1. The summed E-state index contributed by atoms with van der Waals surface area (Å²) in [6, 6.07) is 13.5. The van der Waals surface area contributed by atoms with Crippen molar-refractivity contribution in [3.63, 3.8) is 0 Å². The Kier molecular flexibility index (Phi) is 5.97. The minimum absolute atomic E-state index is 0.0760. The van der Waals surface area contributed by atoms with Gasteiger partial charge in [-0.2, -0.15) is 0 Å². The van der Waals surface area contributed by atoms with Gasteiger partial charge in [0.25, 0.3) is 5.91 Å². The van der Waals surface area contributed by atoms with E-state index >= 15 is 0 Å². The molecular weight excluding hydrogens is 398 g/mol. The molecule has 8 heteroatoms. The van der Waals surface area contributed by atoms with Crippen LogP contribution in [0.1, 0.15) is 36.0 Å². The highest BCUT2D eigenvalue weighted by Crippen LogP contribution is 2.23. The van der Waals surface area contributed by atoms with E-state index in [9.17, 15) is 19.2 Å². The van der Waals surface area contributed by atoms with Crippen molar-refractivity contribution in [1.29, 1.82) is 0 Å². The van der Waals surface area contributed by atoms with Crippen LogP contribution in [0, 0.1) is 0 Å². The zero-order chi connectivity index (χ0) is 21.8.